The van der Waals surface area contributed by atoms with E-state index in [4.69, 9.17) is 10.2 Å². The molecular formula is C12H22N2O4. The highest BCUT2D eigenvalue weighted by Crippen LogP contribution is 2.17. The molecule has 1 heterocycles. The average Bonchev–Trinajstić information content (AvgIpc) is 2.33. The summed E-state index contributed by atoms with van der Waals surface area (Å²) in [4.78, 5) is 23.6. The van der Waals surface area contributed by atoms with Crippen LogP contribution in [0, 0.1) is 5.92 Å². The zero-order valence-electron chi connectivity index (χ0n) is 10.8. The maximum absolute atomic E-state index is 11.1. The van der Waals surface area contributed by atoms with E-state index in [1.165, 1.54) is 0 Å². The Balaban J connectivity index is 2.50. The number of rotatable bonds is 7. The first-order valence-electron chi connectivity index (χ1n) is 6.43. The topological polar surface area (TPSA) is 89.9 Å². The van der Waals surface area contributed by atoms with Crippen LogP contribution in [0.15, 0.2) is 0 Å². The summed E-state index contributed by atoms with van der Waals surface area (Å²) < 4.78 is 0. The Labute approximate surface area is 107 Å². The van der Waals surface area contributed by atoms with Crippen LogP contribution in [0.5, 0.6) is 0 Å². The van der Waals surface area contributed by atoms with Gasteiger partial charge >= 0.3 is 11.9 Å². The molecule has 2 atom stereocenters. The van der Waals surface area contributed by atoms with Crippen molar-refractivity contribution < 1.29 is 19.8 Å². The molecule has 6 nitrogen and oxygen atoms in total. The molecular weight excluding hydrogens is 236 g/mol. The lowest BCUT2D eigenvalue weighted by Gasteiger charge is -2.36. The van der Waals surface area contributed by atoms with Crippen molar-refractivity contribution in [1.82, 2.24) is 10.2 Å². The summed E-state index contributed by atoms with van der Waals surface area (Å²) in [5, 5.41) is 21.1. The van der Waals surface area contributed by atoms with Crippen LogP contribution in [-0.4, -0.2) is 59.3 Å². The van der Waals surface area contributed by atoms with E-state index in [0.29, 0.717) is 19.5 Å². The van der Waals surface area contributed by atoms with Gasteiger partial charge in [-0.25, -0.2) is 0 Å². The summed E-state index contributed by atoms with van der Waals surface area (Å²) in [5.74, 6) is -2.04. The van der Waals surface area contributed by atoms with E-state index in [1.807, 2.05) is 4.90 Å². The summed E-state index contributed by atoms with van der Waals surface area (Å²) in [6.45, 7) is 4.53. The Morgan fingerprint density at radius 3 is 2.61 bits per heavy atom. The van der Waals surface area contributed by atoms with Gasteiger partial charge in [0, 0.05) is 25.7 Å². The van der Waals surface area contributed by atoms with Crippen molar-refractivity contribution in [3.05, 3.63) is 0 Å². The molecule has 0 amide bonds. The van der Waals surface area contributed by atoms with Crippen molar-refractivity contribution in [3.63, 3.8) is 0 Å². The van der Waals surface area contributed by atoms with Gasteiger partial charge in [0.1, 0.15) is 0 Å². The predicted molar refractivity (Wildman–Crippen MR) is 66.5 cm³/mol. The molecule has 0 aromatic heterocycles. The van der Waals surface area contributed by atoms with E-state index in [0.717, 1.165) is 19.5 Å². The average molecular weight is 258 g/mol. The minimum atomic E-state index is -0.842. The molecule has 1 aliphatic heterocycles. The Morgan fingerprint density at radius 2 is 2.06 bits per heavy atom. The SMILES string of the molecule is CCCNC1CC(C(=O)O)CN(CCC(=O)O)C1. The zero-order chi connectivity index (χ0) is 13.5. The number of aliphatic carboxylic acids is 2. The molecule has 3 N–H and O–H groups in total. The lowest BCUT2D eigenvalue weighted by molar-refractivity contribution is -0.144. The molecule has 2 unspecified atom stereocenters. The van der Waals surface area contributed by atoms with Crippen LogP contribution < -0.4 is 5.32 Å². The summed E-state index contributed by atoms with van der Waals surface area (Å²) in [6.07, 6.45) is 1.69. The quantitative estimate of drug-likeness (QED) is 0.606. The lowest BCUT2D eigenvalue weighted by atomic mass is 9.94. The molecule has 1 fully saturated rings. The van der Waals surface area contributed by atoms with Gasteiger partial charge in [0.25, 0.3) is 0 Å². The van der Waals surface area contributed by atoms with Gasteiger partial charge in [0.2, 0.25) is 0 Å². The second kappa shape index (κ2) is 7.33. The van der Waals surface area contributed by atoms with E-state index in [-0.39, 0.29) is 12.5 Å². The number of carboxylic acid groups (broad SMARTS) is 2. The minimum Gasteiger partial charge on any atom is -0.481 e. The summed E-state index contributed by atoms with van der Waals surface area (Å²) in [5.41, 5.74) is 0. The highest BCUT2D eigenvalue weighted by atomic mass is 16.4. The lowest BCUT2D eigenvalue weighted by Crippen LogP contribution is -2.51. The van der Waals surface area contributed by atoms with Gasteiger partial charge in [-0.2, -0.15) is 0 Å². The number of nitrogens with zero attached hydrogens (tertiary/aromatic N) is 1. The maximum atomic E-state index is 11.1. The monoisotopic (exact) mass is 258 g/mol. The van der Waals surface area contributed by atoms with Crippen LogP contribution in [0.4, 0.5) is 0 Å². The molecule has 1 rings (SSSR count). The molecule has 0 spiro atoms. The molecule has 0 aromatic rings. The normalized spacial score (nSPS) is 24.9. The highest BCUT2D eigenvalue weighted by Gasteiger charge is 2.31. The number of hydrogen-bond donors (Lipinski definition) is 3. The Kier molecular flexibility index (Phi) is 6.07. The Hall–Kier alpha value is -1.14. The largest absolute Gasteiger partial charge is 0.481 e. The Morgan fingerprint density at radius 1 is 1.33 bits per heavy atom. The van der Waals surface area contributed by atoms with Crippen molar-refractivity contribution in [3.8, 4) is 0 Å². The molecule has 18 heavy (non-hydrogen) atoms. The van der Waals surface area contributed by atoms with Gasteiger partial charge in [0.05, 0.1) is 12.3 Å². The summed E-state index contributed by atoms with van der Waals surface area (Å²) in [7, 11) is 0. The second-order valence-electron chi connectivity index (χ2n) is 4.83. The third-order valence-electron chi connectivity index (χ3n) is 3.20. The maximum Gasteiger partial charge on any atom is 0.307 e. The van der Waals surface area contributed by atoms with Crippen LogP contribution in [0.2, 0.25) is 0 Å². The van der Waals surface area contributed by atoms with E-state index in [1.54, 1.807) is 0 Å². The molecule has 0 bridgehead atoms. The molecule has 1 saturated heterocycles. The summed E-state index contributed by atoms with van der Waals surface area (Å²) in [6, 6.07) is 0.147. The van der Waals surface area contributed by atoms with E-state index in [9.17, 15) is 9.59 Å². The number of likely N-dealkylation sites (tertiary alicyclic amines) is 1. The van der Waals surface area contributed by atoms with Crippen LogP contribution in [0.3, 0.4) is 0 Å². The highest BCUT2D eigenvalue weighted by molar-refractivity contribution is 5.70. The first-order chi connectivity index (χ1) is 8.52. The van der Waals surface area contributed by atoms with Crippen molar-refractivity contribution in [2.24, 2.45) is 5.92 Å². The first kappa shape index (κ1) is 14.9. The zero-order valence-corrected chi connectivity index (χ0v) is 10.8. The molecule has 104 valence electrons. The number of carbonyl (C=O) groups is 2. The van der Waals surface area contributed by atoms with E-state index < -0.39 is 17.9 Å². The van der Waals surface area contributed by atoms with Gasteiger partial charge in [-0.05, 0) is 19.4 Å². The van der Waals surface area contributed by atoms with Gasteiger partial charge < -0.3 is 20.4 Å². The third kappa shape index (κ3) is 5.01. The third-order valence-corrected chi connectivity index (χ3v) is 3.20. The van der Waals surface area contributed by atoms with Gasteiger partial charge in [-0.3, -0.25) is 9.59 Å². The van der Waals surface area contributed by atoms with Crippen LogP contribution in [0.1, 0.15) is 26.2 Å². The van der Waals surface area contributed by atoms with Crippen LogP contribution in [-0.2, 0) is 9.59 Å². The fraction of sp³-hybridized carbons (Fsp3) is 0.833. The number of piperidine rings is 1. The smallest absolute Gasteiger partial charge is 0.307 e. The predicted octanol–water partition coefficient (Wildman–Crippen LogP) is 0.236. The number of nitrogens with one attached hydrogen (secondary N) is 1. The van der Waals surface area contributed by atoms with Gasteiger partial charge in [-0.15, -0.1) is 0 Å². The van der Waals surface area contributed by atoms with Gasteiger partial charge in [-0.1, -0.05) is 6.92 Å². The van der Waals surface area contributed by atoms with Gasteiger partial charge in [0.15, 0.2) is 0 Å². The fourth-order valence-corrected chi connectivity index (χ4v) is 2.30. The Bertz CT molecular complexity index is 296. The van der Waals surface area contributed by atoms with Crippen LogP contribution >= 0.6 is 0 Å². The molecule has 0 saturated carbocycles. The van der Waals surface area contributed by atoms with Crippen molar-refractivity contribution in [2.45, 2.75) is 32.2 Å². The van der Waals surface area contributed by atoms with E-state index in [2.05, 4.69) is 12.2 Å². The number of carboxylic acids is 2. The second-order valence-corrected chi connectivity index (χ2v) is 4.83. The first-order valence-corrected chi connectivity index (χ1v) is 6.43. The fourth-order valence-electron chi connectivity index (χ4n) is 2.30. The number of hydrogen-bond acceptors (Lipinski definition) is 4. The molecule has 0 radical (unpaired) electrons. The standard InChI is InChI=1S/C12H22N2O4/c1-2-4-13-10-6-9(12(17)18)7-14(8-10)5-3-11(15)16/h9-10,13H,2-8H2,1H3,(H,15,16)(H,17,18). The molecule has 0 aromatic carbocycles. The summed E-state index contributed by atoms with van der Waals surface area (Å²) >= 11 is 0. The van der Waals surface area contributed by atoms with E-state index >= 15 is 0 Å². The van der Waals surface area contributed by atoms with Crippen LogP contribution in [0.25, 0.3) is 0 Å². The minimum absolute atomic E-state index is 0.0623. The molecule has 6 heteroatoms. The van der Waals surface area contributed by atoms with Crippen molar-refractivity contribution in [2.75, 3.05) is 26.2 Å². The van der Waals surface area contributed by atoms with Crippen molar-refractivity contribution in [1.29, 1.82) is 0 Å². The molecule has 1 aliphatic rings. The van der Waals surface area contributed by atoms with Crippen molar-refractivity contribution >= 4 is 11.9 Å². The molecule has 0 aliphatic carbocycles.